The summed E-state index contributed by atoms with van der Waals surface area (Å²) in [6.45, 7) is 0.613. The molecule has 1 heterocycles. The maximum Gasteiger partial charge on any atom is 0.454 e. The third-order valence-corrected chi connectivity index (χ3v) is 6.14. The Morgan fingerprint density at radius 3 is 2.42 bits per heavy atom. The van der Waals surface area contributed by atoms with Crippen LogP contribution in [0, 0.1) is 0 Å². The lowest BCUT2D eigenvalue weighted by Crippen LogP contribution is -2.51. The molecule has 0 spiro atoms. The van der Waals surface area contributed by atoms with E-state index in [2.05, 4.69) is 10.6 Å². The number of nitrogens with one attached hydrogen (secondary N) is 3. The van der Waals surface area contributed by atoms with Gasteiger partial charge < -0.3 is 26.0 Å². The van der Waals surface area contributed by atoms with Crippen LogP contribution in [0.5, 0.6) is 0 Å². The molecule has 12 heteroatoms. The van der Waals surface area contributed by atoms with Gasteiger partial charge >= 0.3 is 12.1 Å². The summed E-state index contributed by atoms with van der Waals surface area (Å²) in [5, 5.41) is 18.5. The number of aliphatic hydroxyl groups is 1. The molecule has 1 fully saturated rings. The Morgan fingerprint density at radius 1 is 1.11 bits per heavy atom. The standard InChI is InChI=1S/C26H31F5N4O3/c1-2-33-19-12-18(13-20(14-19)35-10-6-9-23(35)37)24(38)34-21(11-17-7-4-3-5-8-17)22(36)15-32-16-25(27,28)26(29,30)31/h3-5,7-8,12-14,21-22,32-33,36H,2,6,9-11,15-16H2,1H3,(H,34,38)/t21-,22-/m0/s1. The summed E-state index contributed by atoms with van der Waals surface area (Å²) in [4.78, 5) is 27.1. The number of alkyl halides is 5. The molecule has 2 amide bonds. The van der Waals surface area contributed by atoms with E-state index in [0.717, 1.165) is 0 Å². The smallest absolute Gasteiger partial charge is 0.390 e. The van der Waals surface area contributed by atoms with Crippen LogP contribution in [0.3, 0.4) is 0 Å². The summed E-state index contributed by atoms with van der Waals surface area (Å²) in [5.74, 6) is -5.64. The van der Waals surface area contributed by atoms with Crippen LogP contribution < -0.4 is 20.9 Å². The molecule has 38 heavy (non-hydrogen) atoms. The highest BCUT2D eigenvalue weighted by molar-refractivity contribution is 6.00. The molecule has 3 rings (SSSR count). The SMILES string of the molecule is CCNc1cc(C(=O)N[C@@H](Cc2ccccc2)[C@@H](O)CNCC(F)(F)C(F)(F)F)cc(N2CCCC2=O)c1. The Hall–Kier alpha value is -3.25. The van der Waals surface area contributed by atoms with Crippen molar-refractivity contribution in [2.75, 3.05) is 36.4 Å². The number of anilines is 2. The van der Waals surface area contributed by atoms with Crippen LogP contribution in [0.4, 0.5) is 33.3 Å². The van der Waals surface area contributed by atoms with E-state index in [9.17, 15) is 36.6 Å². The van der Waals surface area contributed by atoms with Crippen LogP contribution in [0.1, 0.15) is 35.7 Å². The van der Waals surface area contributed by atoms with Crippen molar-refractivity contribution in [2.24, 2.45) is 0 Å². The van der Waals surface area contributed by atoms with Crippen molar-refractivity contribution in [1.82, 2.24) is 10.6 Å². The summed E-state index contributed by atoms with van der Waals surface area (Å²) in [6, 6.07) is 12.6. The van der Waals surface area contributed by atoms with Crippen LogP contribution >= 0.6 is 0 Å². The predicted octanol–water partition coefficient (Wildman–Crippen LogP) is 3.73. The number of hydrogen-bond donors (Lipinski definition) is 4. The number of nitrogens with zero attached hydrogens (tertiary/aromatic N) is 1. The van der Waals surface area contributed by atoms with E-state index in [1.54, 1.807) is 53.4 Å². The summed E-state index contributed by atoms with van der Waals surface area (Å²) in [6.07, 6.45) is -6.03. The van der Waals surface area contributed by atoms with E-state index in [1.165, 1.54) is 0 Å². The van der Waals surface area contributed by atoms with Gasteiger partial charge in [0.2, 0.25) is 5.91 Å². The number of carbonyl (C=O) groups is 2. The van der Waals surface area contributed by atoms with Gasteiger partial charge in [-0.05, 0) is 43.5 Å². The number of benzene rings is 2. The van der Waals surface area contributed by atoms with Crippen molar-refractivity contribution < 1.29 is 36.6 Å². The minimum atomic E-state index is -5.73. The Labute approximate surface area is 217 Å². The first kappa shape index (κ1) is 29.3. The minimum absolute atomic E-state index is 0.0656. The molecule has 1 saturated heterocycles. The highest BCUT2D eigenvalue weighted by atomic mass is 19.4. The summed E-state index contributed by atoms with van der Waals surface area (Å²) >= 11 is 0. The second kappa shape index (κ2) is 12.5. The summed E-state index contributed by atoms with van der Waals surface area (Å²) < 4.78 is 64.0. The molecule has 0 radical (unpaired) electrons. The Kier molecular flexibility index (Phi) is 9.66. The molecule has 2 aromatic rings. The van der Waals surface area contributed by atoms with Crippen LogP contribution in [-0.4, -0.2) is 67.3 Å². The first-order chi connectivity index (χ1) is 17.9. The fourth-order valence-electron chi connectivity index (χ4n) is 4.15. The van der Waals surface area contributed by atoms with Gasteiger partial charge in [-0.2, -0.15) is 22.0 Å². The second-order valence-corrected chi connectivity index (χ2v) is 9.12. The Balaban J connectivity index is 1.79. The lowest BCUT2D eigenvalue weighted by atomic mass is 10.00. The van der Waals surface area contributed by atoms with Gasteiger partial charge in [0.25, 0.3) is 5.91 Å². The molecule has 2 aromatic carbocycles. The summed E-state index contributed by atoms with van der Waals surface area (Å²) in [7, 11) is 0. The zero-order valence-corrected chi connectivity index (χ0v) is 20.8. The molecule has 0 aliphatic carbocycles. The maximum absolute atomic E-state index is 13.3. The third kappa shape index (κ3) is 7.64. The number of hydrogen-bond acceptors (Lipinski definition) is 5. The normalized spacial score (nSPS) is 15.9. The van der Waals surface area contributed by atoms with E-state index < -0.39 is 43.2 Å². The van der Waals surface area contributed by atoms with Gasteiger partial charge in [-0.1, -0.05) is 30.3 Å². The lowest BCUT2D eigenvalue weighted by Gasteiger charge is -2.26. The van der Waals surface area contributed by atoms with Crippen molar-refractivity contribution in [3.05, 3.63) is 59.7 Å². The maximum atomic E-state index is 13.3. The van der Waals surface area contributed by atoms with Gasteiger partial charge in [0.1, 0.15) is 0 Å². The topological polar surface area (TPSA) is 93.7 Å². The van der Waals surface area contributed by atoms with E-state index >= 15 is 0 Å². The zero-order chi connectivity index (χ0) is 27.9. The Bertz CT molecular complexity index is 1100. The highest BCUT2D eigenvalue weighted by Crippen LogP contribution is 2.34. The fourth-order valence-corrected chi connectivity index (χ4v) is 4.15. The van der Waals surface area contributed by atoms with Crippen LogP contribution in [0.15, 0.2) is 48.5 Å². The molecule has 7 nitrogen and oxygen atoms in total. The number of carbonyl (C=O) groups excluding carboxylic acids is 2. The molecular weight excluding hydrogens is 511 g/mol. The number of halogens is 5. The zero-order valence-electron chi connectivity index (χ0n) is 20.8. The fraction of sp³-hybridized carbons (Fsp3) is 0.462. The molecule has 0 saturated carbocycles. The van der Waals surface area contributed by atoms with Crippen molar-refractivity contribution in [3.63, 3.8) is 0 Å². The van der Waals surface area contributed by atoms with Gasteiger partial charge in [0.15, 0.2) is 0 Å². The van der Waals surface area contributed by atoms with Crippen LogP contribution in [0.25, 0.3) is 0 Å². The molecule has 1 aliphatic heterocycles. The first-order valence-electron chi connectivity index (χ1n) is 12.3. The van der Waals surface area contributed by atoms with Gasteiger partial charge in [-0.3, -0.25) is 9.59 Å². The van der Waals surface area contributed by atoms with Crippen LogP contribution in [-0.2, 0) is 11.2 Å². The average molecular weight is 543 g/mol. The van der Waals surface area contributed by atoms with Gasteiger partial charge in [-0.25, -0.2) is 0 Å². The van der Waals surface area contributed by atoms with E-state index in [4.69, 9.17) is 0 Å². The molecule has 4 N–H and O–H groups in total. The van der Waals surface area contributed by atoms with E-state index in [-0.39, 0.29) is 17.9 Å². The Morgan fingerprint density at radius 2 is 1.82 bits per heavy atom. The molecule has 0 aromatic heterocycles. The molecule has 208 valence electrons. The average Bonchev–Trinajstić information content (AvgIpc) is 3.29. The van der Waals surface area contributed by atoms with Gasteiger partial charge in [-0.15, -0.1) is 0 Å². The van der Waals surface area contributed by atoms with Crippen molar-refractivity contribution in [1.29, 1.82) is 0 Å². The number of amides is 2. The third-order valence-electron chi connectivity index (χ3n) is 6.14. The molecular formula is C26H31F5N4O3. The van der Waals surface area contributed by atoms with E-state index in [1.807, 2.05) is 12.2 Å². The molecule has 2 atom stereocenters. The quantitative estimate of drug-likeness (QED) is 0.307. The molecule has 0 unspecified atom stereocenters. The van der Waals surface area contributed by atoms with Crippen LogP contribution in [0.2, 0.25) is 0 Å². The van der Waals surface area contributed by atoms with Crippen molar-refractivity contribution in [2.45, 2.75) is 50.4 Å². The van der Waals surface area contributed by atoms with Crippen molar-refractivity contribution in [3.8, 4) is 0 Å². The summed E-state index contributed by atoms with van der Waals surface area (Å²) in [5.41, 5.74) is 2.04. The monoisotopic (exact) mass is 542 g/mol. The molecule has 0 bridgehead atoms. The number of aliphatic hydroxyl groups excluding tert-OH is 1. The van der Waals surface area contributed by atoms with E-state index in [0.29, 0.717) is 42.9 Å². The van der Waals surface area contributed by atoms with Crippen molar-refractivity contribution >= 4 is 23.2 Å². The number of rotatable bonds is 12. The largest absolute Gasteiger partial charge is 0.454 e. The first-order valence-corrected chi connectivity index (χ1v) is 12.3. The predicted molar refractivity (Wildman–Crippen MR) is 133 cm³/mol. The highest BCUT2D eigenvalue weighted by Gasteiger charge is 2.56. The van der Waals surface area contributed by atoms with Gasteiger partial charge in [0.05, 0.1) is 18.7 Å². The molecule has 1 aliphatic rings. The second-order valence-electron chi connectivity index (χ2n) is 9.12. The lowest BCUT2D eigenvalue weighted by molar-refractivity contribution is -0.279. The van der Waals surface area contributed by atoms with Gasteiger partial charge in [0, 0.05) is 43.0 Å². The minimum Gasteiger partial charge on any atom is -0.390 e.